The average molecular weight is 281 g/mol. The second-order valence-corrected chi connectivity index (χ2v) is 4.72. The lowest BCUT2D eigenvalue weighted by Crippen LogP contribution is -2.04. The van der Waals surface area contributed by atoms with Gasteiger partial charge >= 0.3 is 0 Å². The first-order valence-corrected chi connectivity index (χ1v) is 6.37. The predicted molar refractivity (Wildman–Crippen MR) is 70.7 cm³/mol. The normalized spacial score (nSPS) is 10.3. The third-order valence-electron chi connectivity index (χ3n) is 2.07. The Hall–Kier alpha value is -1.66. The molecule has 0 atom stereocenters. The van der Waals surface area contributed by atoms with Crippen LogP contribution in [-0.2, 0) is 0 Å². The SMILES string of the molecule is Nc1ncnc(SCC(=O)c2ccc(Cl)cc2)n1. The van der Waals surface area contributed by atoms with Gasteiger partial charge in [-0.15, -0.1) is 0 Å². The Morgan fingerprint density at radius 1 is 1.28 bits per heavy atom. The molecule has 0 aliphatic heterocycles. The lowest BCUT2D eigenvalue weighted by atomic mass is 10.1. The van der Waals surface area contributed by atoms with Crippen LogP contribution in [0.15, 0.2) is 35.7 Å². The Labute approximate surface area is 113 Å². The number of anilines is 1. The van der Waals surface area contributed by atoms with Crippen molar-refractivity contribution < 1.29 is 4.79 Å². The van der Waals surface area contributed by atoms with Crippen molar-refractivity contribution in [3.05, 3.63) is 41.2 Å². The summed E-state index contributed by atoms with van der Waals surface area (Å²) in [6, 6.07) is 6.74. The lowest BCUT2D eigenvalue weighted by molar-refractivity contribution is 0.102. The number of thioether (sulfide) groups is 1. The van der Waals surface area contributed by atoms with Crippen LogP contribution >= 0.6 is 23.4 Å². The number of benzene rings is 1. The number of carbonyl (C=O) groups is 1. The van der Waals surface area contributed by atoms with Crippen molar-refractivity contribution >= 4 is 35.1 Å². The van der Waals surface area contributed by atoms with Gasteiger partial charge in [-0.3, -0.25) is 4.79 Å². The number of halogens is 1. The van der Waals surface area contributed by atoms with Gasteiger partial charge < -0.3 is 5.73 Å². The molecule has 0 spiro atoms. The van der Waals surface area contributed by atoms with Gasteiger partial charge in [-0.25, -0.2) is 9.97 Å². The van der Waals surface area contributed by atoms with Crippen LogP contribution in [0, 0.1) is 0 Å². The quantitative estimate of drug-likeness (QED) is 0.682. The van der Waals surface area contributed by atoms with E-state index in [0.29, 0.717) is 15.7 Å². The zero-order valence-electron chi connectivity index (χ0n) is 9.21. The van der Waals surface area contributed by atoms with Gasteiger partial charge in [0.2, 0.25) is 5.95 Å². The summed E-state index contributed by atoms with van der Waals surface area (Å²) in [6.07, 6.45) is 1.32. The van der Waals surface area contributed by atoms with Crippen LogP contribution in [0.4, 0.5) is 5.95 Å². The fourth-order valence-electron chi connectivity index (χ4n) is 1.21. The maximum atomic E-state index is 11.8. The number of rotatable bonds is 4. The predicted octanol–water partition coefficient (Wildman–Crippen LogP) is 2.08. The van der Waals surface area contributed by atoms with Gasteiger partial charge in [-0.1, -0.05) is 23.4 Å². The fraction of sp³-hybridized carbons (Fsp3) is 0.0909. The van der Waals surface area contributed by atoms with Crippen molar-refractivity contribution in [1.29, 1.82) is 0 Å². The largest absolute Gasteiger partial charge is 0.368 e. The molecule has 0 aliphatic carbocycles. The summed E-state index contributed by atoms with van der Waals surface area (Å²) in [4.78, 5) is 23.3. The average Bonchev–Trinajstić information content (AvgIpc) is 2.37. The zero-order valence-corrected chi connectivity index (χ0v) is 10.8. The molecule has 0 radical (unpaired) electrons. The molecule has 5 nitrogen and oxygen atoms in total. The molecule has 0 bridgehead atoms. The molecule has 1 heterocycles. The first-order chi connectivity index (χ1) is 8.65. The molecule has 0 aliphatic rings. The minimum Gasteiger partial charge on any atom is -0.368 e. The number of Topliss-reactive ketones (excluding diaryl/α,β-unsaturated/α-hetero) is 1. The standard InChI is InChI=1S/C11H9ClN4OS/c12-8-3-1-7(2-4-8)9(17)5-18-11-15-6-14-10(13)16-11/h1-4,6H,5H2,(H2,13,14,15,16). The second-order valence-electron chi connectivity index (χ2n) is 3.34. The second kappa shape index (κ2) is 5.79. The van der Waals surface area contributed by atoms with Crippen molar-refractivity contribution in [1.82, 2.24) is 15.0 Å². The topological polar surface area (TPSA) is 81.8 Å². The van der Waals surface area contributed by atoms with E-state index in [4.69, 9.17) is 17.3 Å². The highest BCUT2D eigenvalue weighted by Crippen LogP contribution is 2.16. The summed E-state index contributed by atoms with van der Waals surface area (Å²) in [7, 11) is 0. The Morgan fingerprint density at radius 2 is 2.00 bits per heavy atom. The number of hydrogen-bond acceptors (Lipinski definition) is 6. The van der Waals surface area contributed by atoms with Gasteiger partial charge in [-0.05, 0) is 24.3 Å². The summed E-state index contributed by atoms with van der Waals surface area (Å²) < 4.78 is 0. The monoisotopic (exact) mass is 280 g/mol. The van der Waals surface area contributed by atoms with Crippen molar-refractivity contribution in [2.24, 2.45) is 0 Å². The van der Waals surface area contributed by atoms with E-state index in [1.54, 1.807) is 24.3 Å². The lowest BCUT2D eigenvalue weighted by Gasteiger charge is -2.01. The minimum atomic E-state index is -0.0179. The maximum Gasteiger partial charge on any atom is 0.223 e. The van der Waals surface area contributed by atoms with Crippen LogP contribution in [-0.4, -0.2) is 26.5 Å². The van der Waals surface area contributed by atoms with E-state index >= 15 is 0 Å². The highest BCUT2D eigenvalue weighted by molar-refractivity contribution is 7.99. The molecule has 1 aromatic heterocycles. The van der Waals surface area contributed by atoms with Crippen LogP contribution in [0.5, 0.6) is 0 Å². The highest BCUT2D eigenvalue weighted by atomic mass is 35.5. The van der Waals surface area contributed by atoms with Gasteiger partial charge in [0, 0.05) is 10.6 Å². The zero-order chi connectivity index (χ0) is 13.0. The third kappa shape index (κ3) is 3.41. The van der Waals surface area contributed by atoms with E-state index in [-0.39, 0.29) is 17.5 Å². The molecule has 92 valence electrons. The van der Waals surface area contributed by atoms with E-state index in [1.807, 2.05) is 0 Å². The van der Waals surface area contributed by atoms with Gasteiger partial charge in [0.25, 0.3) is 0 Å². The van der Waals surface area contributed by atoms with Crippen LogP contribution in [0.25, 0.3) is 0 Å². The number of nitrogens with two attached hydrogens (primary N) is 1. The number of ketones is 1. The highest BCUT2D eigenvalue weighted by Gasteiger charge is 2.08. The van der Waals surface area contributed by atoms with E-state index < -0.39 is 0 Å². The van der Waals surface area contributed by atoms with Crippen molar-refractivity contribution in [2.45, 2.75) is 5.16 Å². The molecule has 2 N–H and O–H groups in total. The van der Waals surface area contributed by atoms with E-state index in [1.165, 1.54) is 18.1 Å². The summed E-state index contributed by atoms with van der Waals surface area (Å²) >= 11 is 6.97. The molecule has 0 saturated carbocycles. The van der Waals surface area contributed by atoms with Crippen LogP contribution in [0.2, 0.25) is 5.02 Å². The van der Waals surface area contributed by atoms with Crippen LogP contribution < -0.4 is 5.73 Å². The smallest absolute Gasteiger partial charge is 0.223 e. The molecular formula is C11H9ClN4OS. The van der Waals surface area contributed by atoms with Gasteiger partial charge in [0.15, 0.2) is 10.9 Å². The Balaban J connectivity index is 1.98. The van der Waals surface area contributed by atoms with E-state index in [0.717, 1.165) is 0 Å². The Bertz CT molecular complexity index is 561. The maximum absolute atomic E-state index is 11.8. The van der Waals surface area contributed by atoms with Crippen molar-refractivity contribution in [3.8, 4) is 0 Å². The molecule has 18 heavy (non-hydrogen) atoms. The summed E-state index contributed by atoms with van der Waals surface area (Å²) in [5.74, 6) is 0.368. The molecule has 2 aromatic rings. The number of nitrogen functional groups attached to an aromatic ring is 1. The molecule has 2 rings (SSSR count). The number of nitrogens with zero attached hydrogens (tertiary/aromatic N) is 3. The molecule has 0 amide bonds. The van der Waals surface area contributed by atoms with Crippen LogP contribution in [0.3, 0.4) is 0 Å². The summed E-state index contributed by atoms with van der Waals surface area (Å²) in [6.45, 7) is 0. The molecule has 7 heteroatoms. The summed E-state index contributed by atoms with van der Waals surface area (Å²) in [5, 5.41) is 1.04. The molecule has 0 fully saturated rings. The minimum absolute atomic E-state index is 0.0179. The van der Waals surface area contributed by atoms with Gasteiger partial charge in [0.05, 0.1) is 5.75 Å². The Kier molecular flexibility index (Phi) is 4.11. The van der Waals surface area contributed by atoms with E-state index in [9.17, 15) is 4.79 Å². The van der Waals surface area contributed by atoms with Crippen molar-refractivity contribution in [3.63, 3.8) is 0 Å². The molecule has 0 unspecified atom stereocenters. The van der Waals surface area contributed by atoms with Crippen LogP contribution in [0.1, 0.15) is 10.4 Å². The molecular weight excluding hydrogens is 272 g/mol. The van der Waals surface area contributed by atoms with E-state index in [2.05, 4.69) is 15.0 Å². The number of hydrogen-bond donors (Lipinski definition) is 1. The number of carbonyl (C=O) groups excluding carboxylic acids is 1. The third-order valence-corrected chi connectivity index (χ3v) is 3.18. The molecule has 1 aromatic carbocycles. The van der Waals surface area contributed by atoms with Gasteiger partial charge in [-0.2, -0.15) is 4.98 Å². The summed E-state index contributed by atoms with van der Waals surface area (Å²) in [5.41, 5.74) is 6.02. The number of aromatic nitrogens is 3. The van der Waals surface area contributed by atoms with Crippen molar-refractivity contribution in [2.75, 3.05) is 11.5 Å². The van der Waals surface area contributed by atoms with Gasteiger partial charge in [0.1, 0.15) is 6.33 Å². The first-order valence-electron chi connectivity index (χ1n) is 5.01. The molecule has 0 saturated heterocycles. The first kappa shape index (κ1) is 12.8. The Morgan fingerprint density at radius 3 is 2.67 bits per heavy atom. The fourth-order valence-corrected chi connectivity index (χ4v) is 2.04.